The van der Waals surface area contributed by atoms with E-state index in [0.717, 1.165) is 38.3 Å². The SMILES string of the molecule is CCCn1ncnc1CN1CCNC(CC)C1=O. The molecule has 0 aliphatic carbocycles. The van der Waals surface area contributed by atoms with E-state index in [9.17, 15) is 4.79 Å². The third-order valence-corrected chi connectivity index (χ3v) is 3.25. The number of carbonyl (C=O) groups excluding carboxylic acids is 1. The summed E-state index contributed by atoms with van der Waals surface area (Å²) < 4.78 is 1.89. The number of piperazine rings is 1. The molecule has 2 rings (SSSR count). The van der Waals surface area contributed by atoms with E-state index < -0.39 is 0 Å². The van der Waals surface area contributed by atoms with Crippen LogP contribution in [0.3, 0.4) is 0 Å². The minimum atomic E-state index is -0.0405. The molecule has 1 aromatic rings. The Kier molecular flexibility index (Phi) is 4.30. The van der Waals surface area contributed by atoms with E-state index in [2.05, 4.69) is 22.3 Å². The van der Waals surface area contributed by atoms with Gasteiger partial charge in [-0.05, 0) is 12.8 Å². The number of nitrogens with one attached hydrogen (secondary N) is 1. The van der Waals surface area contributed by atoms with Crippen molar-refractivity contribution in [1.29, 1.82) is 0 Å². The first-order chi connectivity index (χ1) is 8.76. The number of hydrogen-bond acceptors (Lipinski definition) is 4. The fourth-order valence-corrected chi connectivity index (χ4v) is 2.25. The number of rotatable bonds is 5. The average molecular weight is 251 g/mol. The van der Waals surface area contributed by atoms with Crippen molar-refractivity contribution < 1.29 is 4.79 Å². The van der Waals surface area contributed by atoms with Crippen LogP contribution < -0.4 is 5.32 Å². The predicted octanol–water partition coefficient (Wildman–Crippen LogP) is 0.398. The highest BCUT2D eigenvalue weighted by molar-refractivity contribution is 5.82. The van der Waals surface area contributed by atoms with Crippen LogP contribution in [-0.2, 0) is 17.9 Å². The van der Waals surface area contributed by atoms with Crippen LogP contribution in [0.2, 0.25) is 0 Å². The normalized spacial score (nSPS) is 20.4. The first-order valence-corrected chi connectivity index (χ1v) is 6.65. The van der Waals surface area contributed by atoms with Gasteiger partial charge in [-0.3, -0.25) is 4.79 Å². The highest BCUT2D eigenvalue weighted by Crippen LogP contribution is 2.09. The third-order valence-electron chi connectivity index (χ3n) is 3.25. The van der Waals surface area contributed by atoms with Crippen LogP contribution in [0.4, 0.5) is 0 Å². The van der Waals surface area contributed by atoms with Crippen molar-refractivity contribution in [2.45, 2.75) is 45.8 Å². The maximum absolute atomic E-state index is 12.2. The monoisotopic (exact) mass is 251 g/mol. The molecule has 6 heteroatoms. The third kappa shape index (κ3) is 2.69. The zero-order chi connectivity index (χ0) is 13.0. The van der Waals surface area contributed by atoms with Gasteiger partial charge in [-0.15, -0.1) is 0 Å². The molecule has 18 heavy (non-hydrogen) atoms. The Morgan fingerprint density at radius 1 is 1.50 bits per heavy atom. The smallest absolute Gasteiger partial charge is 0.240 e. The average Bonchev–Trinajstić information content (AvgIpc) is 2.80. The van der Waals surface area contributed by atoms with Crippen molar-refractivity contribution in [3.05, 3.63) is 12.2 Å². The molecule has 1 fully saturated rings. The predicted molar refractivity (Wildman–Crippen MR) is 67.8 cm³/mol. The van der Waals surface area contributed by atoms with Crippen molar-refractivity contribution in [2.75, 3.05) is 13.1 Å². The number of aryl methyl sites for hydroxylation is 1. The van der Waals surface area contributed by atoms with E-state index in [0.29, 0.717) is 6.54 Å². The molecule has 1 amide bonds. The van der Waals surface area contributed by atoms with E-state index >= 15 is 0 Å². The maximum Gasteiger partial charge on any atom is 0.240 e. The van der Waals surface area contributed by atoms with Crippen LogP contribution in [0.25, 0.3) is 0 Å². The second kappa shape index (κ2) is 5.95. The molecule has 1 unspecified atom stereocenters. The van der Waals surface area contributed by atoms with Crippen LogP contribution in [0.1, 0.15) is 32.5 Å². The van der Waals surface area contributed by atoms with Crippen molar-refractivity contribution >= 4 is 5.91 Å². The summed E-state index contributed by atoms with van der Waals surface area (Å²) in [6.45, 7) is 7.15. The van der Waals surface area contributed by atoms with Crippen molar-refractivity contribution in [3.63, 3.8) is 0 Å². The number of aromatic nitrogens is 3. The number of carbonyl (C=O) groups is 1. The Balaban J connectivity index is 2.03. The van der Waals surface area contributed by atoms with Crippen molar-refractivity contribution in [2.24, 2.45) is 0 Å². The molecule has 1 atom stereocenters. The van der Waals surface area contributed by atoms with Gasteiger partial charge in [-0.2, -0.15) is 5.10 Å². The summed E-state index contributed by atoms with van der Waals surface area (Å²) in [5.74, 6) is 1.05. The lowest BCUT2D eigenvalue weighted by Gasteiger charge is -2.32. The molecule has 0 bridgehead atoms. The summed E-state index contributed by atoms with van der Waals surface area (Å²) in [5, 5.41) is 7.42. The summed E-state index contributed by atoms with van der Waals surface area (Å²) in [7, 11) is 0. The lowest BCUT2D eigenvalue weighted by molar-refractivity contribution is -0.136. The second-order valence-electron chi connectivity index (χ2n) is 4.57. The lowest BCUT2D eigenvalue weighted by Crippen LogP contribution is -2.54. The highest BCUT2D eigenvalue weighted by Gasteiger charge is 2.27. The van der Waals surface area contributed by atoms with Gasteiger partial charge in [0.25, 0.3) is 0 Å². The summed E-state index contributed by atoms with van der Waals surface area (Å²) in [6.07, 6.45) is 3.41. The molecule has 0 aromatic carbocycles. The van der Waals surface area contributed by atoms with Gasteiger partial charge < -0.3 is 10.2 Å². The summed E-state index contributed by atoms with van der Waals surface area (Å²) in [5.41, 5.74) is 0. The van der Waals surface area contributed by atoms with Gasteiger partial charge in [0.05, 0.1) is 12.6 Å². The van der Waals surface area contributed by atoms with Gasteiger partial charge in [0.2, 0.25) is 5.91 Å². The minimum absolute atomic E-state index is 0.0405. The van der Waals surface area contributed by atoms with Gasteiger partial charge in [-0.25, -0.2) is 9.67 Å². The molecule has 1 N–H and O–H groups in total. The Labute approximate surface area is 107 Å². The molecule has 0 saturated carbocycles. The molecule has 6 nitrogen and oxygen atoms in total. The van der Waals surface area contributed by atoms with Gasteiger partial charge in [0, 0.05) is 19.6 Å². The molecule has 2 heterocycles. The number of nitrogens with zero attached hydrogens (tertiary/aromatic N) is 4. The molecule has 1 aliphatic rings. The molecule has 0 radical (unpaired) electrons. The molecule has 100 valence electrons. The highest BCUT2D eigenvalue weighted by atomic mass is 16.2. The number of hydrogen-bond donors (Lipinski definition) is 1. The van der Waals surface area contributed by atoms with Crippen LogP contribution >= 0.6 is 0 Å². The molecular weight excluding hydrogens is 230 g/mol. The first-order valence-electron chi connectivity index (χ1n) is 6.65. The Morgan fingerprint density at radius 3 is 3.06 bits per heavy atom. The molecular formula is C12H21N5O. The summed E-state index contributed by atoms with van der Waals surface area (Å²) in [4.78, 5) is 18.3. The van der Waals surface area contributed by atoms with Crippen LogP contribution in [-0.4, -0.2) is 44.7 Å². The molecule has 1 aromatic heterocycles. The van der Waals surface area contributed by atoms with E-state index in [1.54, 1.807) is 6.33 Å². The molecule has 0 spiro atoms. The molecule has 1 aliphatic heterocycles. The first kappa shape index (κ1) is 13.0. The van der Waals surface area contributed by atoms with Crippen molar-refractivity contribution in [3.8, 4) is 0 Å². The van der Waals surface area contributed by atoms with E-state index in [4.69, 9.17) is 0 Å². The topological polar surface area (TPSA) is 63.1 Å². The Morgan fingerprint density at radius 2 is 2.33 bits per heavy atom. The van der Waals surface area contributed by atoms with Crippen LogP contribution in [0.5, 0.6) is 0 Å². The fourth-order valence-electron chi connectivity index (χ4n) is 2.25. The number of amides is 1. The van der Waals surface area contributed by atoms with Gasteiger partial charge in [-0.1, -0.05) is 13.8 Å². The standard InChI is InChI=1S/C12H21N5O/c1-3-6-17-11(14-9-15-17)8-16-7-5-13-10(4-2)12(16)18/h9-10,13H,3-8H2,1-2H3. The minimum Gasteiger partial charge on any atom is -0.333 e. The zero-order valence-electron chi connectivity index (χ0n) is 11.1. The van der Waals surface area contributed by atoms with Gasteiger partial charge in [0.1, 0.15) is 12.2 Å². The van der Waals surface area contributed by atoms with E-state index in [1.807, 2.05) is 16.5 Å². The Bertz CT molecular complexity index is 403. The zero-order valence-corrected chi connectivity index (χ0v) is 11.1. The lowest BCUT2D eigenvalue weighted by atomic mass is 10.1. The van der Waals surface area contributed by atoms with E-state index in [-0.39, 0.29) is 11.9 Å². The summed E-state index contributed by atoms with van der Waals surface area (Å²) >= 11 is 0. The van der Waals surface area contributed by atoms with Gasteiger partial charge in [0.15, 0.2) is 0 Å². The van der Waals surface area contributed by atoms with Crippen LogP contribution in [0.15, 0.2) is 6.33 Å². The van der Waals surface area contributed by atoms with E-state index in [1.165, 1.54) is 0 Å². The fraction of sp³-hybridized carbons (Fsp3) is 0.750. The van der Waals surface area contributed by atoms with Crippen molar-refractivity contribution in [1.82, 2.24) is 25.0 Å². The largest absolute Gasteiger partial charge is 0.333 e. The van der Waals surface area contributed by atoms with Gasteiger partial charge >= 0.3 is 0 Å². The van der Waals surface area contributed by atoms with Crippen LogP contribution in [0, 0.1) is 0 Å². The maximum atomic E-state index is 12.2. The quantitative estimate of drug-likeness (QED) is 0.822. The molecule has 1 saturated heterocycles. The summed E-state index contributed by atoms with van der Waals surface area (Å²) in [6, 6.07) is -0.0405. The second-order valence-corrected chi connectivity index (χ2v) is 4.57. The Hall–Kier alpha value is -1.43.